The van der Waals surface area contributed by atoms with Gasteiger partial charge in [0.05, 0.1) is 16.3 Å². The molecule has 2 heterocycles. The molecule has 1 fully saturated rings. The number of hydrogen-bond acceptors (Lipinski definition) is 4. The molecule has 5 rings (SSSR count). The lowest BCUT2D eigenvalue weighted by Crippen LogP contribution is -2.37. The normalized spacial score (nSPS) is 15.8. The minimum atomic E-state index is -3.47. The van der Waals surface area contributed by atoms with Crippen LogP contribution in [0.2, 0.25) is 0 Å². The summed E-state index contributed by atoms with van der Waals surface area (Å²) >= 11 is 1.61. The van der Waals surface area contributed by atoms with E-state index in [-0.39, 0.29) is 0 Å². The van der Waals surface area contributed by atoms with Crippen molar-refractivity contribution in [2.75, 3.05) is 13.1 Å². The molecular formula is C30H33N3O2S2. The van der Waals surface area contributed by atoms with E-state index in [1.807, 2.05) is 30.3 Å². The predicted molar refractivity (Wildman–Crippen MR) is 151 cm³/mol. The Bertz CT molecular complexity index is 1500. The lowest BCUT2D eigenvalue weighted by molar-refractivity contribution is 0.288. The molecule has 0 atom stereocenters. The fourth-order valence-electron chi connectivity index (χ4n) is 4.65. The molecule has 0 radical (unpaired) electrons. The molecule has 1 aliphatic rings. The van der Waals surface area contributed by atoms with Crippen LogP contribution < -0.4 is 4.80 Å². The minimum Gasteiger partial charge on any atom is -0.316 e. The van der Waals surface area contributed by atoms with E-state index >= 15 is 0 Å². The molecule has 0 spiro atoms. The van der Waals surface area contributed by atoms with Crippen LogP contribution in [0.5, 0.6) is 0 Å². The van der Waals surface area contributed by atoms with Crippen molar-refractivity contribution in [1.29, 1.82) is 0 Å². The fraction of sp³-hybridized carbons (Fsp3) is 0.300. The smallest absolute Gasteiger partial charge is 0.243 e. The number of piperidine rings is 1. The van der Waals surface area contributed by atoms with Gasteiger partial charge < -0.3 is 4.57 Å². The van der Waals surface area contributed by atoms with Crippen molar-refractivity contribution in [2.24, 2.45) is 10.9 Å². The van der Waals surface area contributed by atoms with E-state index in [1.54, 1.807) is 27.8 Å². The van der Waals surface area contributed by atoms with Crippen LogP contribution in [0.1, 0.15) is 30.9 Å². The van der Waals surface area contributed by atoms with Gasteiger partial charge in [0.25, 0.3) is 0 Å². The summed E-state index contributed by atoms with van der Waals surface area (Å²) in [6.45, 7) is 6.23. The third-order valence-corrected chi connectivity index (χ3v) is 9.83. The highest BCUT2D eigenvalue weighted by atomic mass is 32.2. The van der Waals surface area contributed by atoms with Crippen LogP contribution in [-0.2, 0) is 23.0 Å². The number of aryl methyl sites for hydroxylation is 2. The molecule has 0 amide bonds. The largest absolute Gasteiger partial charge is 0.316 e. The van der Waals surface area contributed by atoms with Gasteiger partial charge in [0.15, 0.2) is 4.80 Å². The molecule has 1 saturated heterocycles. The van der Waals surface area contributed by atoms with Gasteiger partial charge in [-0.2, -0.15) is 4.31 Å². The average Bonchev–Trinajstić information content (AvgIpc) is 3.32. The highest BCUT2D eigenvalue weighted by Crippen LogP contribution is 2.27. The molecule has 192 valence electrons. The maximum Gasteiger partial charge on any atom is 0.243 e. The summed E-state index contributed by atoms with van der Waals surface area (Å²) in [7, 11) is -3.47. The molecular weight excluding hydrogens is 498 g/mol. The first-order valence-electron chi connectivity index (χ1n) is 12.8. The molecule has 5 nitrogen and oxygen atoms in total. The van der Waals surface area contributed by atoms with Gasteiger partial charge in [-0.15, -0.1) is 11.3 Å². The van der Waals surface area contributed by atoms with Gasteiger partial charge in [0.2, 0.25) is 10.0 Å². The highest BCUT2D eigenvalue weighted by Gasteiger charge is 2.28. The standard InChI is InChI=1S/C30H33N3O2S2/c1-23-8-12-27(13-9-23)31-30-33(21-18-25-6-4-3-5-7-25)29(22-36-30)26-10-14-28(15-11-26)37(34,35)32-19-16-24(2)17-20-32/h3-15,22,24H,16-21H2,1-2H3. The van der Waals surface area contributed by atoms with Crippen LogP contribution in [0.3, 0.4) is 0 Å². The van der Waals surface area contributed by atoms with E-state index in [1.165, 1.54) is 11.1 Å². The Kier molecular flexibility index (Phi) is 7.74. The first-order chi connectivity index (χ1) is 17.9. The SMILES string of the molecule is Cc1ccc(N=c2scc(-c3ccc(S(=O)(=O)N4CCC(C)CC4)cc3)n2CCc2ccccc2)cc1. The summed E-state index contributed by atoms with van der Waals surface area (Å²) in [4.78, 5) is 6.23. The number of aromatic nitrogens is 1. The molecule has 0 unspecified atom stereocenters. The van der Waals surface area contributed by atoms with Gasteiger partial charge in [-0.05, 0) is 67.5 Å². The van der Waals surface area contributed by atoms with Gasteiger partial charge in [0, 0.05) is 25.0 Å². The Labute approximate surface area is 223 Å². The van der Waals surface area contributed by atoms with Crippen LogP contribution in [-0.4, -0.2) is 30.4 Å². The third kappa shape index (κ3) is 5.95. The molecule has 1 aliphatic heterocycles. The number of sulfonamides is 1. The van der Waals surface area contributed by atoms with Crippen molar-refractivity contribution in [2.45, 2.75) is 44.6 Å². The number of hydrogen-bond donors (Lipinski definition) is 0. The first kappa shape index (κ1) is 25.6. The van der Waals surface area contributed by atoms with Gasteiger partial charge in [-0.25, -0.2) is 13.4 Å². The van der Waals surface area contributed by atoms with Crippen LogP contribution >= 0.6 is 11.3 Å². The van der Waals surface area contributed by atoms with Crippen molar-refractivity contribution in [1.82, 2.24) is 8.87 Å². The Hall–Kier alpha value is -3.00. The monoisotopic (exact) mass is 531 g/mol. The molecule has 37 heavy (non-hydrogen) atoms. The molecule has 0 aliphatic carbocycles. The third-order valence-electron chi connectivity index (χ3n) is 7.05. The Morgan fingerprint density at radius 2 is 1.59 bits per heavy atom. The maximum absolute atomic E-state index is 13.2. The zero-order chi connectivity index (χ0) is 25.8. The highest BCUT2D eigenvalue weighted by molar-refractivity contribution is 7.89. The van der Waals surface area contributed by atoms with E-state index in [0.29, 0.717) is 23.9 Å². The molecule has 7 heteroatoms. The number of nitrogens with zero attached hydrogens (tertiary/aromatic N) is 3. The van der Waals surface area contributed by atoms with Crippen molar-refractivity contribution in [3.8, 4) is 11.3 Å². The predicted octanol–water partition coefficient (Wildman–Crippen LogP) is 6.42. The number of rotatable bonds is 7. The minimum absolute atomic E-state index is 0.362. The summed E-state index contributed by atoms with van der Waals surface area (Å²) in [5.74, 6) is 0.582. The van der Waals surface area contributed by atoms with Gasteiger partial charge >= 0.3 is 0 Å². The van der Waals surface area contributed by atoms with E-state index < -0.39 is 10.0 Å². The molecule has 3 aromatic carbocycles. The fourth-order valence-corrected chi connectivity index (χ4v) is 7.08. The van der Waals surface area contributed by atoms with Crippen LogP contribution in [0.15, 0.2) is 94.1 Å². The zero-order valence-electron chi connectivity index (χ0n) is 21.4. The van der Waals surface area contributed by atoms with Gasteiger partial charge in [0.1, 0.15) is 0 Å². The van der Waals surface area contributed by atoms with E-state index in [0.717, 1.165) is 47.6 Å². The Morgan fingerprint density at radius 3 is 2.27 bits per heavy atom. The average molecular weight is 532 g/mol. The summed E-state index contributed by atoms with van der Waals surface area (Å²) in [6, 6.07) is 26.0. The van der Waals surface area contributed by atoms with Crippen molar-refractivity contribution in [3.05, 3.63) is 100 Å². The number of benzene rings is 3. The van der Waals surface area contributed by atoms with Gasteiger partial charge in [-0.1, -0.05) is 67.1 Å². The molecule has 1 aromatic heterocycles. The first-order valence-corrected chi connectivity index (χ1v) is 15.2. The van der Waals surface area contributed by atoms with Gasteiger partial charge in [-0.3, -0.25) is 0 Å². The summed E-state index contributed by atoms with van der Waals surface area (Å²) in [5.41, 5.74) is 5.43. The quantitative estimate of drug-likeness (QED) is 0.276. The van der Waals surface area contributed by atoms with Crippen molar-refractivity contribution >= 4 is 27.0 Å². The van der Waals surface area contributed by atoms with E-state index in [9.17, 15) is 8.42 Å². The summed E-state index contributed by atoms with van der Waals surface area (Å²) < 4.78 is 30.3. The van der Waals surface area contributed by atoms with Crippen molar-refractivity contribution in [3.63, 3.8) is 0 Å². The number of thiazole rings is 1. The molecule has 0 N–H and O–H groups in total. The second kappa shape index (κ2) is 11.2. The summed E-state index contributed by atoms with van der Waals surface area (Å²) in [5, 5.41) is 2.12. The lowest BCUT2D eigenvalue weighted by Gasteiger charge is -2.29. The molecule has 4 aromatic rings. The lowest BCUT2D eigenvalue weighted by atomic mass is 10.0. The van der Waals surface area contributed by atoms with E-state index in [2.05, 4.69) is 60.2 Å². The Morgan fingerprint density at radius 1 is 0.919 bits per heavy atom. The summed E-state index contributed by atoms with van der Waals surface area (Å²) in [6.07, 6.45) is 2.72. The van der Waals surface area contributed by atoms with Crippen LogP contribution in [0, 0.1) is 12.8 Å². The van der Waals surface area contributed by atoms with Crippen LogP contribution in [0.4, 0.5) is 5.69 Å². The molecule has 0 saturated carbocycles. The second-order valence-corrected chi connectivity index (χ2v) is 12.6. The Balaban J connectivity index is 1.47. The molecule has 0 bridgehead atoms. The maximum atomic E-state index is 13.2. The second-order valence-electron chi connectivity index (χ2n) is 9.85. The zero-order valence-corrected chi connectivity index (χ0v) is 23.0. The topological polar surface area (TPSA) is 54.7 Å². The van der Waals surface area contributed by atoms with Crippen molar-refractivity contribution < 1.29 is 8.42 Å². The van der Waals surface area contributed by atoms with Crippen LogP contribution in [0.25, 0.3) is 11.3 Å². The van der Waals surface area contributed by atoms with E-state index in [4.69, 9.17) is 4.99 Å².